The summed E-state index contributed by atoms with van der Waals surface area (Å²) in [4.78, 5) is 8.87. The third-order valence-electron chi connectivity index (χ3n) is 3.32. The van der Waals surface area contributed by atoms with Crippen LogP contribution >= 0.6 is 0 Å². The number of rotatable bonds is 1. The molecular weight excluding hydrogens is 236 g/mol. The quantitative estimate of drug-likeness (QED) is 0.665. The highest BCUT2D eigenvalue weighted by atomic mass is 15.1. The van der Waals surface area contributed by atoms with Crippen molar-refractivity contribution in [3.05, 3.63) is 53.6 Å². The Balaban J connectivity index is 2.32. The predicted octanol–water partition coefficient (Wildman–Crippen LogP) is 2.91. The van der Waals surface area contributed by atoms with Crippen LogP contribution in [0.5, 0.6) is 0 Å². The molecule has 0 amide bonds. The molecule has 0 N–H and O–H groups in total. The van der Waals surface area contributed by atoms with Gasteiger partial charge in [0.25, 0.3) is 0 Å². The van der Waals surface area contributed by atoms with E-state index in [1.54, 1.807) is 12.4 Å². The molecule has 3 rings (SSSR count). The first-order chi connectivity index (χ1) is 9.20. The van der Waals surface area contributed by atoms with Crippen LogP contribution in [0.1, 0.15) is 17.0 Å². The van der Waals surface area contributed by atoms with Gasteiger partial charge in [-0.05, 0) is 26.0 Å². The lowest BCUT2D eigenvalue weighted by molar-refractivity contribution is 0.959. The van der Waals surface area contributed by atoms with Crippen molar-refractivity contribution in [2.75, 3.05) is 0 Å². The van der Waals surface area contributed by atoms with Gasteiger partial charge in [0.2, 0.25) is 0 Å². The van der Waals surface area contributed by atoms with Gasteiger partial charge in [-0.25, -0.2) is 9.97 Å². The molecule has 3 aromatic rings. The number of nitrogens with zero attached hydrogens (tertiary/aromatic N) is 4. The minimum Gasteiger partial charge on any atom is -0.287 e. The Morgan fingerprint density at radius 1 is 1.21 bits per heavy atom. The molecule has 0 aliphatic carbocycles. The fraction of sp³-hybridized carbons (Fsp3) is 0.133. The van der Waals surface area contributed by atoms with Crippen molar-refractivity contribution >= 4 is 10.9 Å². The smallest absolute Gasteiger partial charge is 0.140 e. The van der Waals surface area contributed by atoms with E-state index in [0.29, 0.717) is 5.56 Å². The number of para-hydroxylation sites is 1. The second-order valence-corrected chi connectivity index (χ2v) is 4.44. The lowest BCUT2D eigenvalue weighted by Gasteiger charge is -2.07. The lowest BCUT2D eigenvalue weighted by atomic mass is 10.1. The van der Waals surface area contributed by atoms with E-state index >= 15 is 0 Å². The highest BCUT2D eigenvalue weighted by molar-refractivity contribution is 5.85. The van der Waals surface area contributed by atoms with E-state index in [2.05, 4.69) is 16.0 Å². The Morgan fingerprint density at radius 2 is 2.00 bits per heavy atom. The van der Waals surface area contributed by atoms with Gasteiger partial charge in [-0.2, -0.15) is 5.26 Å². The fourth-order valence-corrected chi connectivity index (χ4v) is 2.11. The number of benzene rings is 1. The van der Waals surface area contributed by atoms with Crippen molar-refractivity contribution < 1.29 is 0 Å². The largest absolute Gasteiger partial charge is 0.287 e. The van der Waals surface area contributed by atoms with Gasteiger partial charge in [0, 0.05) is 11.1 Å². The Morgan fingerprint density at radius 3 is 2.68 bits per heavy atom. The summed E-state index contributed by atoms with van der Waals surface area (Å²) >= 11 is 0. The zero-order chi connectivity index (χ0) is 13.4. The molecule has 92 valence electrons. The molecule has 0 atom stereocenters. The first kappa shape index (κ1) is 11.4. The van der Waals surface area contributed by atoms with Crippen LogP contribution in [0.3, 0.4) is 0 Å². The minimum atomic E-state index is 0.631. The van der Waals surface area contributed by atoms with Gasteiger partial charge in [-0.3, -0.25) is 4.57 Å². The van der Waals surface area contributed by atoms with Crippen LogP contribution in [-0.4, -0.2) is 14.5 Å². The molecule has 0 saturated carbocycles. The summed E-state index contributed by atoms with van der Waals surface area (Å²) in [6.07, 6.45) is 1.74. The topological polar surface area (TPSA) is 54.5 Å². The number of hydrogen-bond donors (Lipinski definition) is 0. The summed E-state index contributed by atoms with van der Waals surface area (Å²) in [5.41, 5.74) is 3.45. The molecule has 0 bridgehead atoms. The molecule has 0 spiro atoms. The standard InChI is InChI=1S/C15H12N4/c1-10-11(2)19(9-17-10)15-7-12(8-16)13-5-3-4-6-14(13)18-15/h3-7,9H,1-2H3. The van der Waals surface area contributed by atoms with E-state index in [1.807, 2.05) is 42.7 Å². The summed E-state index contributed by atoms with van der Waals surface area (Å²) in [6, 6.07) is 11.7. The molecule has 0 saturated heterocycles. The van der Waals surface area contributed by atoms with E-state index in [4.69, 9.17) is 0 Å². The van der Waals surface area contributed by atoms with E-state index < -0.39 is 0 Å². The van der Waals surface area contributed by atoms with Crippen LogP contribution in [0.25, 0.3) is 16.7 Å². The number of aryl methyl sites for hydroxylation is 1. The summed E-state index contributed by atoms with van der Waals surface area (Å²) in [5, 5.41) is 10.2. The monoisotopic (exact) mass is 248 g/mol. The molecule has 0 aliphatic heterocycles. The van der Waals surface area contributed by atoms with Gasteiger partial charge in [-0.1, -0.05) is 18.2 Å². The third kappa shape index (κ3) is 1.76. The zero-order valence-corrected chi connectivity index (χ0v) is 10.8. The van der Waals surface area contributed by atoms with Gasteiger partial charge in [0.15, 0.2) is 0 Å². The van der Waals surface area contributed by atoms with Crippen LogP contribution in [0.2, 0.25) is 0 Å². The van der Waals surface area contributed by atoms with Crippen molar-refractivity contribution in [1.82, 2.24) is 14.5 Å². The average molecular weight is 248 g/mol. The predicted molar refractivity (Wildman–Crippen MR) is 73.1 cm³/mol. The van der Waals surface area contributed by atoms with Crippen LogP contribution in [0.15, 0.2) is 36.7 Å². The number of hydrogen-bond acceptors (Lipinski definition) is 3. The lowest BCUT2D eigenvalue weighted by Crippen LogP contribution is -2.00. The summed E-state index contributed by atoms with van der Waals surface area (Å²) < 4.78 is 1.91. The molecular formula is C15H12N4. The van der Waals surface area contributed by atoms with E-state index in [0.717, 1.165) is 28.1 Å². The second kappa shape index (κ2) is 4.21. The SMILES string of the molecule is Cc1ncn(-c2cc(C#N)c3ccccc3n2)c1C. The maximum Gasteiger partial charge on any atom is 0.140 e. The van der Waals surface area contributed by atoms with Crippen LogP contribution in [0.4, 0.5) is 0 Å². The molecule has 0 radical (unpaired) electrons. The Hall–Kier alpha value is -2.67. The van der Waals surface area contributed by atoms with Gasteiger partial charge in [0.1, 0.15) is 12.1 Å². The number of imidazole rings is 1. The van der Waals surface area contributed by atoms with Gasteiger partial charge in [0.05, 0.1) is 22.8 Å². The number of fused-ring (bicyclic) bond motifs is 1. The maximum atomic E-state index is 9.28. The van der Waals surface area contributed by atoms with Crippen LogP contribution in [-0.2, 0) is 0 Å². The number of nitriles is 1. The summed E-state index contributed by atoms with van der Waals surface area (Å²) in [5.74, 6) is 0.730. The number of aromatic nitrogens is 3. The maximum absolute atomic E-state index is 9.28. The summed E-state index contributed by atoms with van der Waals surface area (Å²) in [7, 11) is 0. The summed E-state index contributed by atoms with van der Waals surface area (Å²) in [6.45, 7) is 3.95. The van der Waals surface area contributed by atoms with Gasteiger partial charge in [-0.15, -0.1) is 0 Å². The molecule has 4 nitrogen and oxygen atoms in total. The Labute approximate surface area is 111 Å². The minimum absolute atomic E-state index is 0.631. The molecule has 19 heavy (non-hydrogen) atoms. The van der Waals surface area contributed by atoms with Crippen molar-refractivity contribution in [2.45, 2.75) is 13.8 Å². The average Bonchev–Trinajstić information content (AvgIpc) is 2.78. The molecule has 4 heteroatoms. The number of pyridine rings is 1. The first-order valence-corrected chi connectivity index (χ1v) is 6.01. The van der Waals surface area contributed by atoms with Crippen molar-refractivity contribution in [3.63, 3.8) is 0 Å². The van der Waals surface area contributed by atoms with Crippen molar-refractivity contribution in [1.29, 1.82) is 5.26 Å². The Kier molecular flexibility index (Phi) is 2.53. The normalized spacial score (nSPS) is 10.6. The van der Waals surface area contributed by atoms with Gasteiger partial charge < -0.3 is 0 Å². The van der Waals surface area contributed by atoms with Crippen LogP contribution < -0.4 is 0 Å². The first-order valence-electron chi connectivity index (χ1n) is 6.01. The van der Waals surface area contributed by atoms with Crippen molar-refractivity contribution in [3.8, 4) is 11.9 Å². The van der Waals surface area contributed by atoms with Crippen LogP contribution in [0, 0.1) is 25.2 Å². The van der Waals surface area contributed by atoms with E-state index in [-0.39, 0.29) is 0 Å². The van der Waals surface area contributed by atoms with E-state index in [1.165, 1.54) is 0 Å². The van der Waals surface area contributed by atoms with Gasteiger partial charge >= 0.3 is 0 Å². The molecule has 1 aromatic carbocycles. The highest BCUT2D eigenvalue weighted by Crippen LogP contribution is 2.20. The Bertz CT molecular complexity index is 809. The molecule has 0 fully saturated rings. The fourth-order valence-electron chi connectivity index (χ4n) is 2.11. The molecule has 2 aromatic heterocycles. The third-order valence-corrected chi connectivity index (χ3v) is 3.32. The van der Waals surface area contributed by atoms with Crippen molar-refractivity contribution in [2.24, 2.45) is 0 Å². The molecule has 0 aliphatic rings. The molecule has 0 unspecified atom stereocenters. The zero-order valence-electron chi connectivity index (χ0n) is 10.8. The second-order valence-electron chi connectivity index (χ2n) is 4.44. The molecule has 2 heterocycles. The highest BCUT2D eigenvalue weighted by Gasteiger charge is 2.09. The van der Waals surface area contributed by atoms with E-state index in [9.17, 15) is 5.26 Å².